The second-order valence-corrected chi connectivity index (χ2v) is 12.0. The van der Waals surface area contributed by atoms with Crippen molar-refractivity contribution in [2.75, 3.05) is 0 Å². The molecule has 7 aromatic carbocycles. The highest BCUT2D eigenvalue weighted by atomic mass is 16.3. The predicted octanol–water partition coefficient (Wildman–Crippen LogP) is 10.9. The van der Waals surface area contributed by atoms with E-state index in [4.69, 9.17) is 8.83 Å². The fourth-order valence-electron chi connectivity index (χ4n) is 6.63. The molecule has 48 heavy (non-hydrogen) atoms. The highest BCUT2D eigenvalue weighted by Crippen LogP contribution is 2.33. The standard InChI is InChI=1S/C44H26O4/c45-42-35-19-22-40-41(43(46)37-26-34(17-20-38(37)47-40)32-16-8-14-30(24-32)28-11-5-2-6-12-28)44(35)48-39-21-18-33(25-36(39)42)31-15-7-13-29(23-31)27-9-3-1-4-10-27/h1-26H. The molecule has 0 N–H and O–H groups in total. The first kappa shape index (κ1) is 27.8. The van der Waals surface area contributed by atoms with Gasteiger partial charge in [0.2, 0.25) is 10.9 Å². The van der Waals surface area contributed by atoms with Crippen LogP contribution in [-0.4, -0.2) is 0 Å². The first-order chi connectivity index (χ1) is 23.6. The van der Waals surface area contributed by atoms with Gasteiger partial charge in [-0.3, -0.25) is 9.59 Å². The minimum absolute atomic E-state index is 0.194. The van der Waals surface area contributed by atoms with Crippen LogP contribution in [0.2, 0.25) is 0 Å². The van der Waals surface area contributed by atoms with Crippen LogP contribution >= 0.6 is 0 Å². The molecule has 0 radical (unpaired) electrons. The zero-order valence-electron chi connectivity index (χ0n) is 25.6. The van der Waals surface area contributed by atoms with E-state index in [1.165, 1.54) is 0 Å². The average Bonchev–Trinajstić information content (AvgIpc) is 3.15. The molecule has 9 rings (SSSR count). The van der Waals surface area contributed by atoms with Gasteiger partial charge in [0.25, 0.3) is 0 Å². The summed E-state index contributed by atoms with van der Waals surface area (Å²) in [5.41, 5.74) is 9.25. The van der Waals surface area contributed by atoms with E-state index >= 15 is 0 Å². The van der Waals surface area contributed by atoms with Gasteiger partial charge < -0.3 is 8.83 Å². The molecule has 0 bridgehead atoms. The molecule has 4 heteroatoms. The fraction of sp³-hybridized carbons (Fsp3) is 0. The van der Waals surface area contributed by atoms with Crippen molar-refractivity contribution in [2.45, 2.75) is 0 Å². The Morgan fingerprint density at radius 2 is 0.750 bits per heavy atom. The van der Waals surface area contributed by atoms with Crippen molar-refractivity contribution in [3.8, 4) is 44.5 Å². The van der Waals surface area contributed by atoms with Crippen molar-refractivity contribution in [2.24, 2.45) is 0 Å². The number of fused-ring (bicyclic) bond motifs is 5. The Hall–Kier alpha value is -6.52. The van der Waals surface area contributed by atoms with Crippen molar-refractivity contribution in [1.29, 1.82) is 0 Å². The topological polar surface area (TPSA) is 60.4 Å². The van der Waals surface area contributed by atoms with Crippen LogP contribution in [0.5, 0.6) is 0 Å². The quantitative estimate of drug-likeness (QED) is 0.145. The maximum atomic E-state index is 14.2. The summed E-state index contributed by atoms with van der Waals surface area (Å²) in [6, 6.07) is 51.5. The van der Waals surface area contributed by atoms with E-state index < -0.39 is 0 Å². The zero-order chi connectivity index (χ0) is 32.2. The van der Waals surface area contributed by atoms with Crippen molar-refractivity contribution < 1.29 is 8.83 Å². The summed E-state index contributed by atoms with van der Waals surface area (Å²) in [4.78, 5) is 28.2. The molecule has 2 heterocycles. The molecule has 226 valence electrons. The van der Waals surface area contributed by atoms with Crippen LogP contribution in [0, 0.1) is 0 Å². The Bertz CT molecular complexity index is 2810. The predicted molar refractivity (Wildman–Crippen MR) is 195 cm³/mol. The van der Waals surface area contributed by atoms with Gasteiger partial charge in [0.15, 0.2) is 5.58 Å². The van der Waals surface area contributed by atoms with Gasteiger partial charge in [-0.15, -0.1) is 0 Å². The van der Waals surface area contributed by atoms with Crippen LogP contribution in [-0.2, 0) is 0 Å². The minimum Gasteiger partial charge on any atom is -0.456 e. The lowest BCUT2D eigenvalue weighted by atomic mass is 9.97. The maximum Gasteiger partial charge on any atom is 0.204 e. The van der Waals surface area contributed by atoms with Gasteiger partial charge in [-0.1, -0.05) is 109 Å². The van der Waals surface area contributed by atoms with Crippen molar-refractivity contribution >= 4 is 43.9 Å². The molecule has 0 spiro atoms. The summed E-state index contributed by atoms with van der Waals surface area (Å²) in [6.45, 7) is 0. The van der Waals surface area contributed by atoms with E-state index in [1.807, 2.05) is 91.0 Å². The summed E-state index contributed by atoms with van der Waals surface area (Å²) in [5, 5.41) is 1.47. The van der Waals surface area contributed by atoms with Crippen LogP contribution in [0.3, 0.4) is 0 Å². The van der Waals surface area contributed by atoms with Gasteiger partial charge >= 0.3 is 0 Å². The van der Waals surface area contributed by atoms with E-state index in [1.54, 1.807) is 18.2 Å². The molecule has 9 aromatic rings. The van der Waals surface area contributed by atoms with E-state index in [0.717, 1.165) is 44.5 Å². The number of hydrogen-bond acceptors (Lipinski definition) is 4. The maximum absolute atomic E-state index is 14.2. The Morgan fingerprint density at radius 3 is 1.31 bits per heavy atom. The van der Waals surface area contributed by atoms with E-state index in [2.05, 4.69) is 48.5 Å². The lowest BCUT2D eigenvalue weighted by Gasteiger charge is -2.10. The third-order valence-electron chi connectivity index (χ3n) is 9.08. The average molecular weight is 619 g/mol. The highest BCUT2D eigenvalue weighted by Gasteiger charge is 2.18. The van der Waals surface area contributed by atoms with E-state index in [-0.39, 0.29) is 21.8 Å². The zero-order valence-corrected chi connectivity index (χ0v) is 25.6. The Morgan fingerprint density at radius 1 is 0.312 bits per heavy atom. The SMILES string of the molecule is O=c1c2cc(-c3cccc(-c4ccccc4)c3)ccc2oc2c1ccc1oc3ccc(-c4cccc(-c5ccccc5)c4)cc3c(=O)c12. The molecule has 0 aliphatic carbocycles. The molecule has 0 atom stereocenters. The number of rotatable bonds is 4. The third-order valence-corrected chi connectivity index (χ3v) is 9.08. The molecular formula is C44H26O4. The Labute approximate surface area is 274 Å². The highest BCUT2D eigenvalue weighted by molar-refractivity contribution is 6.08. The van der Waals surface area contributed by atoms with Gasteiger partial charge in [0.05, 0.1) is 16.2 Å². The molecule has 0 saturated carbocycles. The Kier molecular flexibility index (Phi) is 6.41. The first-order valence-electron chi connectivity index (χ1n) is 15.8. The summed E-state index contributed by atoms with van der Waals surface area (Å²) >= 11 is 0. The first-order valence-corrected chi connectivity index (χ1v) is 15.8. The van der Waals surface area contributed by atoms with E-state index in [0.29, 0.717) is 32.9 Å². The molecule has 4 nitrogen and oxygen atoms in total. The molecule has 2 aromatic heterocycles. The monoisotopic (exact) mass is 618 g/mol. The summed E-state index contributed by atoms with van der Waals surface area (Å²) in [5.74, 6) is 0. The second-order valence-electron chi connectivity index (χ2n) is 12.0. The summed E-state index contributed by atoms with van der Waals surface area (Å²) in [6.07, 6.45) is 0. The van der Waals surface area contributed by atoms with E-state index in [9.17, 15) is 9.59 Å². The smallest absolute Gasteiger partial charge is 0.204 e. The summed E-state index contributed by atoms with van der Waals surface area (Å²) in [7, 11) is 0. The van der Waals surface area contributed by atoms with Crippen molar-refractivity contribution in [3.05, 3.63) is 178 Å². The number of hydrogen-bond donors (Lipinski definition) is 0. The van der Waals surface area contributed by atoms with Crippen LogP contribution in [0.4, 0.5) is 0 Å². The van der Waals surface area contributed by atoms with Crippen LogP contribution in [0.25, 0.3) is 88.4 Å². The van der Waals surface area contributed by atoms with Gasteiger partial charge in [0, 0.05) is 0 Å². The lowest BCUT2D eigenvalue weighted by Crippen LogP contribution is -2.07. The largest absolute Gasteiger partial charge is 0.456 e. The Balaban J connectivity index is 1.18. The van der Waals surface area contributed by atoms with Gasteiger partial charge in [-0.2, -0.15) is 0 Å². The normalized spacial score (nSPS) is 11.5. The minimum atomic E-state index is -0.241. The lowest BCUT2D eigenvalue weighted by molar-refractivity contribution is 0.649. The summed E-state index contributed by atoms with van der Waals surface area (Å²) < 4.78 is 12.6. The molecule has 0 amide bonds. The fourth-order valence-corrected chi connectivity index (χ4v) is 6.63. The number of benzene rings is 7. The molecule has 0 unspecified atom stereocenters. The molecule has 0 fully saturated rings. The molecule has 0 aliphatic heterocycles. The van der Waals surface area contributed by atoms with Gasteiger partial charge in [-0.05, 0) is 93.0 Å². The third kappa shape index (κ3) is 4.62. The van der Waals surface area contributed by atoms with Crippen molar-refractivity contribution in [1.82, 2.24) is 0 Å². The van der Waals surface area contributed by atoms with Crippen LogP contribution in [0.1, 0.15) is 0 Å². The second kappa shape index (κ2) is 11.1. The molecule has 0 aliphatic rings. The molecular weight excluding hydrogens is 592 g/mol. The van der Waals surface area contributed by atoms with Crippen LogP contribution < -0.4 is 10.9 Å². The van der Waals surface area contributed by atoms with Gasteiger partial charge in [-0.25, -0.2) is 0 Å². The molecule has 0 saturated heterocycles. The van der Waals surface area contributed by atoms with Crippen molar-refractivity contribution in [3.63, 3.8) is 0 Å². The van der Waals surface area contributed by atoms with Crippen LogP contribution in [0.15, 0.2) is 176 Å². The van der Waals surface area contributed by atoms with Gasteiger partial charge in [0.1, 0.15) is 22.1 Å².